The van der Waals surface area contributed by atoms with Gasteiger partial charge in [-0.2, -0.15) is 0 Å². The normalized spacial score (nSPS) is 17.3. The van der Waals surface area contributed by atoms with Crippen molar-refractivity contribution in [3.63, 3.8) is 0 Å². The van der Waals surface area contributed by atoms with E-state index in [1.165, 1.54) is 0 Å². The smallest absolute Gasteiger partial charge is 0.252 e. The van der Waals surface area contributed by atoms with E-state index in [4.69, 9.17) is 0 Å². The molecule has 0 spiro atoms. The highest BCUT2D eigenvalue weighted by Gasteiger charge is 2.17. The van der Waals surface area contributed by atoms with Crippen LogP contribution in [0, 0.1) is 0 Å². The van der Waals surface area contributed by atoms with Gasteiger partial charge in [-0.15, -0.1) is 0 Å². The van der Waals surface area contributed by atoms with Gasteiger partial charge in [0.2, 0.25) is 0 Å². The summed E-state index contributed by atoms with van der Waals surface area (Å²) in [5, 5.41) is 6.40. The van der Waals surface area contributed by atoms with Gasteiger partial charge in [0.1, 0.15) is 11.6 Å². The number of anilines is 1. The minimum Gasteiger partial charge on any atom is -0.354 e. The fourth-order valence-corrected chi connectivity index (χ4v) is 3.41. The summed E-state index contributed by atoms with van der Waals surface area (Å²) in [7, 11) is 0. The van der Waals surface area contributed by atoms with Crippen molar-refractivity contribution in [2.24, 2.45) is 0 Å². The third-order valence-electron chi connectivity index (χ3n) is 4.83. The van der Waals surface area contributed by atoms with Gasteiger partial charge in [0.05, 0.1) is 5.56 Å². The molecule has 0 saturated carbocycles. The van der Waals surface area contributed by atoms with Gasteiger partial charge in [0, 0.05) is 63.3 Å². The maximum atomic E-state index is 12.3. The summed E-state index contributed by atoms with van der Waals surface area (Å²) < 4.78 is 2.15. The zero-order valence-electron chi connectivity index (χ0n) is 16.5. The summed E-state index contributed by atoms with van der Waals surface area (Å²) in [6.07, 6.45) is 6.37. The largest absolute Gasteiger partial charge is 0.354 e. The molecule has 1 amide bonds. The van der Waals surface area contributed by atoms with Crippen LogP contribution in [0.25, 0.3) is 0 Å². The highest BCUT2D eigenvalue weighted by atomic mass is 16.1. The highest BCUT2D eigenvalue weighted by Crippen LogP contribution is 2.14. The Balaban J connectivity index is 1.46. The predicted octanol–water partition coefficient (Wildman–Crippen LogP) is 2.02. The molecular weight excluding hydrogens is 340 g/mol. The van der Waals surface area contributed by atoms with E-state index >= 15 is 0 Å². The maximum Gasteiger partial charge on any atom is 0.252 e. The Morgan fingerprint density at radius 2 is 2.22 bits per heavy atom. The second kappa shape index (κ2) is 8.99. The van der Waals surface area contributed by atoms with Crippen LogP contribution in [-0.4, -0.2) is 52.7 Å². The second-order valence-corrected chi connectivity index (χ2v) is 7.45. The molecule has 1 aliphatic rings. The lowest BCUT2D eigenvalue weighted by Gasteiger charge is -2.32. The number of amides is 1. The molecule has 1 atom stereocenters. The zero-order chi connectivity index (χ0) is 19.2. The molecule has 0 aliphatic carbocycles. The lowest BCUT2D eigenvalue weighted by atomic mass is 10.2. The van der Waals surface area contributed by atoms with Crippen molar-refractivity contribution in [1.29, 1.82) is 0 Å². The van der Waals surface area contributed by atoms with Gasteiger partial charge < -0.3 is 20.1 Å². The lowest BCUT2D eigenvalue weighted by Crippen LogP contribution is -2.49. The summed E-state index contributed by atoms with van der Waals surface area (Å²) in [5.74, 6) is 2.35. The van der Waals surface area contributed by atoms with E-state index in [0.29, 0.717) is 24.1 Å². The Bertz CT molecular complexity index is 739. The van der Waals surface area contributed by atoms with Crippen LogP contribution in [0.2, 0.25) is 0 Å². The van der Waals surface area contributed by atoms with Gasteiger partial charge in [-0.1, -0.05) is 13.8 Å². The van der Waals surface area contributed by atoms with E-state index in [-0.39, 0.29) is 5.91 Å². The maximum absolute atomic E-state index is 12.3. The van der Waals surface area contributed by atoms with Crippen LogP contribution in [0.1, 0.15) is 49.3 Å². The number of carbonyl (C=O) groups is 1. The molecule has 2 aromatic rings. The Kier molecular flexibility index (Phi) is 6.45. The molecule has 27 heavy (non-hydrogen) atoms. The Labute approximate surface area is 161 Å². The molecule has 146 valence electrons. The van der Waals surface area contributed by atoms with E-state index < -0.39 is 0 Å². The van der Waals surface area contributed by atoms with E-state index in [0.717, 1.165) is 44.2 Å². The number of nitrogens with zero attached hydrogens (tertiary/aromatic N) is 4. The average molecular weight is 371 g/mol. The SMILES string of the molecule is CC1CN(c2ccc(C(=O)NCCCn3ccnc3C(C)C)cn2)CCN1. The molecule has 2 aromatic heterocycles. The molecule has 1 saturated heterocycles. The molecule has 0 aromatic carbocycles. The van der Waals surface area contributed by atoms with Gasteiger partial charge in [-0.3, -0.25) is 4.79 Å². The molecule has 2 N–H and O–H groups in total. The highest BCUT2D eigenvalue weighted by molar-refractivity contribution is 5.94. The first-order valence-electron chi connectivity index (χ1n) is 9.78. The van der Waals surface area contributed by atoms with E-state index in [1.807, 2.05) is 24.5 Å². The second-order valence-electron chi connectivity index (χ2n) is 7.45. The Hall–Kier alpha value is -2.41. The minimum atomic E-state index is -0.0718. The molecule has 1 unspecified atom stereocenters. The summed E-state index contributed by atoms with van der Waals surface area (Å²) in [6.45, 7) is 10.8. The first-order chi connectivity index (χ1) is 13.0. The molecule has 0 radical (unpaired) electrons. The Morgan fingerprint density at radius 1 is 1.37 bits per heavy atom. The number of aromatic nitrogens is 3. The van der Waals surface area contributed by atoms with Gasteiger partial charge >= 0.3 is 0 Å². The minimum absolute atomic E-state index is 0.0718. The molecule has 7 heteroatoms. The van der Waals surface area contributed by atoms with Crippen molar-refractivity contribution in [3.8, 4) is 0 Å². The summed E-state index contributed by atoms with van der Waals surface area (Å²) >= 11 is 0. The number of imidazole rings is 1. The van der Waals surface area contributed by atoms with Crippen LogP contribution in [0.3, 0.4) is 0 Å². The fraction of sp³-hybridized carbons (Fsp3) is 0.550. The van der Waals surface area contributed by atoms with Crippen molar-refractivity contribution in [1.82, 2.24) is 25.2 Å². The lowest BCUT2D eigenvalue weighted by molar-refractivity contribution is 0.0952. The summed E-state index contributed by atoms with van der Waals surface area (Å²) in [5.41, 5.74) is 0.604. The summed E-state index contributed by atoms with van der Waals surface area (Å²) in [4.78, 5) is 23.4. The number of piperazine rings is 1. The number of rotatable bonds is 7. The number of hydrogen-bond donors (Lipinski definition) is 2. The molecule has 3 heterocycles. The quantitative estimate of drug-likeness (QED) is 0.730. The number of aryl methyl sites for hydroxylation is 1. The van der Waals surface area contributed by atoms with E-state index in [2.05, 4.69) is 50.8 Å². The fourth-order valence-electron chi connectivity index (χ4n) is 3.41. The van der Waals surface area contributed by atoms with Crippen molar-refractivity contribution >= 4 is 11.7 Å². The third-order valence-corrected chi connectivity index (χ3v) is 4.83. The van der Waals surface area contributed by atoms with Crippen LogP contribution < -0.4 is 15.5 Å². The van der Waals surface area contributed by atoms with Crippen LogP contribution in [0.4, 0.5) is 5.82 Å². The van der Waals surface area contributed by atoms with E-state index in [1.54, 1.807) is 6.20 Å². The van der Waals surface area contributed by atoms with Crippen molar-refractivity contribution in [2.45, 2.75) is 45.7 Å². The van der Waals surface area contributed by atoms with Crippen LogP contribution >= 0.6 is 0 Å². The molecule has 0 bridgehead atoms. The number of pyridine rings is 1. The van der Waals surface area contributed by atoms with Gasteiger partial charge in [0.15, 0.2) is 0 Å². The zero-order valence-corrected chi connectivity index (χ0v) is 16.5. The number of carbonyl (C=O) groups excluding carboxylic acids is 1. The molecule has 3 rings (SSSR count). The van der Waals surface area contributed by atoms with Crippen LogP contribution in [0.15, 0.2) is 30.7 Å². The van der Waals surface area contributed by atoms with Crippen LogP contribution in [0.5, 0.6) is 0 Å². The van der Waals surface area contributed by atoms with Crippen molar-refractivity contribution in [2.75, 3.05) is 31.1 Å². The van der Waals surface area contributed by atoms with Crippen LogP contribution in [-0.2, 0) is 6.54 Å². The monoisotopic (exact) mass is 370 g/mol. The third kappa shape index (κ3) is 5.07. The molecule has 7 nitrogen and oxygen atoms in total. The first-order valence-corrected chi connectivity index (χ1v) is 9.78. The average Bonchev–Trinajstić information content (AvgIpc) is 3.14. The van der Waals surface area contributed by atoms with Gasteiger partial charge in [-0.05, 0) is 25.5 Å². The van der Waals surface area contributed by atoms with E-state index in [9.17, 15) is 4.79 Å². The molecular formula is C20H30N6O. The number of nitrogens with one attached hydrogen (secondary N) is 2. The standard InChI is InChI=1S/C20H30N6O/c1-15(2)19-22-9-11-25(19)10-4-7-23-20(27)17-5-6-18(24-13-17)26-12-8-21-16(3)14-26/h5-6,9,11,13,15-16,21H,4,7-8,10,12,14H2,1-3H3,(H,23,27). The molecule has 1 aliphatic heterocycles. The predicted molar refractivity (Wildman–Crippen MR) is 107 cm³/mol. The van der Waals surface area contributed by atoms with Crippen molar-refractivity contribution < 1.29 is 4.79 Å². The topological polar surface area (TPSA) is 75.1 Å². The Morgan fingerprint density at radius 3 is 2.93 bits per heavy atom. The molecule has 1 fully saturated rings. The van der Waals surface area contributed by atoms with Crippen molar-refractivity contribution in [3.05, 3.63) is 42.1 Å². The number of hydrogen-bond acceptors (Lipinski definition) is 5. The van der Waals surface area contributed by atoms with Gasteiger partial charge in [0.25, 0.3) is 5.91 Å². The van der Waals surface area contributed by atoms with Gasteiger partial charge in [-0.25, -0.2) is 9.97 Å². The first kappa shape index (κ1) is 19.4. The summed E-state index contributed by atoms with van der Waals surface area (Å²) in [6, 6.07) is 4.25.